The van der Waals surface area contributed by atoms with Crippen molar-refractivity contribution in [1.29, 1.82) is 0 Å². The lowest BCUT2D eigenvalue weighted by molar-refractivity contribution is -0.114. The maximum Gasteiger partial charge on any atom is 0.255 e. The summed E-state index contributed by atoms with van der Waals surface area (Å²) in [7, 11) is 0. The SMILES string of the molecule is CC(=O)Nc1cc(NC(=O)c2ccc(-c3ccccc3)cc2)ccc1C. The Balaban J connectivity index is 1.75. The first kappa shape index (κ1) is 17.4. The molecule has 0 atom stereocenters. The van der Waals surface area contributed by atoms with Gasteiger partial charge in [-0.1, -0.05) is 48.5 Å². The highest BCUT2D eigenvalue weighted by Gasteiger charge is 2.08. The Bertz CT molecular complexity index is 932. The Kier molecular flexibility index (Phi) is 5.13. The van der Waals surface area contributed by atoms with E-state index in [1.165, 1.54) is 6.92 Å². The van der Waals surface area contributed by atoms with E-state index < -0.39 is 0 Å². The minimum atomic E-state index is -0.192. The molecule has 0 heterocycles. The number of aryl methyl sites for hydroxylation is 1. The number of benzene rings is 3. The van der Waals surface area contributed by atoms with Gasteiger partial charge in [-0.3, -0.25) is 9.59 Å². The summed E-state index contributed by atoms with van der Waals surface area (Å²) < 4.78 is 0. The molecule has 4 heteroatoms. The quantitative estimate of drug-likeness (QED) is 0.709. The summed E-state index contributed by atoms with van der Waals surface area (Å²) in [5, 5.41) is 5.63. The fraction of sp³-hybridized carbons (Fsp3) is 0.0909. The fourth-order valence-electron chi connectivity index (χ4n) is 2.67. The number of hydrogen-bond donors (Lipinski definition) is 2. The minimum Gasteiger partial charge on any atom is -0.326 e. The highest BCUT2D eigenvalue weighted by Crippen LogP contribution is 2.22. The average molecular weight is 344 g/mol. The van der Waals surface area contributed by atoms with Gasteiger partial charge in [0.1, 0.15) is 0 Å². The zero-order chi connectivity index (χ0) is 18.5. The van der Waals surface area contributed by atoms with E-state index in [9.17, 15) is 9.59 Å². The molecule has 3 rings (SSSR count). The molecule has 0 fully saturated rings. The topological polar surface area (TPSA) is 58.2 Å². The van der Waals surface area contributed by atoms with E-state index in [0.717, 1.165) is 16.7 Å². The molecule has 0 unspecified atom stereocenters. The van der Waals surface area contributed by atoms with Gasteiger partial charge < -0.3 is 10.6 Å². The highest BCUT2D eigenvalue weighted by atomic mass is 16.2. The molecule has 3 aromatic carbocycles. The van der Waals surface area contributed by atoms with Crippen LogP contribution >= 0.6 is 0 Å². The number of carbonyl (C=O) groups excluding carboxylic acids is 2. The van der Waals surface area contributed by atoms with E-state index in [0.29, 0.717) is 16.9 Å². The molecule has 2 amide bonds. The van der Waals surface area contributed by atoms with Crippen LogP contribution in [0.15, 0.2) is 72.8 Å². The molecule has 3 aromatic rings. The first-order valence-electron chi connectivity index (χ1n) is 8.38. The Morgan fingerprint density at radius 2 is 1.42 bits per heavy atom. The van der Waals surface area contributed by atoms with Gasteiger partial charge in [-0.05, 0) is 47.9 Å². The van der Waals surface area contributed by atoms with E-state index in [-0.39, 0.29) is 11.8 Å². The molecule has 26 heavy (non-hydrogen) atoms. The van der Waals surface area contributed by atoms with Crippen molar-refractivity contribution in [3.05, 3.63) is 83.9 Å². The zero-order valence-electron chi connectivity index (χ0n) is 14.7. The zero-order valence-corrected chi connectivity index (χ0v) is 14.7. The van der Waals surface area contributed by atoms with Crippen molar-refractivity contribution in [2.45, 2.75) is 13.8 Å². The molecule has 0 aliphatic rings. The monoisotopic (exact) mass is 344 g/mol. The van der Waals surface area contributed by atoms with Gasteiger partial charge in [-0.2, -0.15) is 0 Å². The first-order valence-corrected chi connectivity index (χ1v) is 8.38. The largest absolute Gasteiger partial charge is 0.326 e. The van der Waals surface area contributed by atoms with E-state index in [1.54, 1.807) is 18.2 Å². The van der Waals surface area contributed by atoms with Crippen molar-refractivity contribution in [2.75, 3.05) is 10.6 Å². The van der Waals surface area contributed by atoms with Gasteiger partial charge in [0, 0.05) is 23.9 Å². The van der Waals surface area contributed by atoms with Crippen LogP contribution in [-0.2, 0) is 4.79 Å². The van der Waals surface area contributed by atoms with Crippen LogP contribution in [0.1, 0.15) is 22.8 Å². The van der Waals surface area contributed by atoms with Crippen LogP contribution < -0.4 is 10.6 Å². The maximum absolute atomic E-state index is 12.5. The Labute approximate surface area is 152 Å². The van der Waals surface area contributed by atoms with Crippen molar-refractivity contribution in [1.82, 2.24) is 0 Å². The third-order valence-electron chi connectivity index (χ3n) is 4.06. The molecule has 0 aliphatic heterocycles. The number of nitrogens with one attached hydrogen (secondary N) is 2. The molecule has 0 saturated carbocycles. The van der Waals surface area contributed by atoms with Gasteiger partial charge in [0.2, 0.25) is 5.91 Å². The van der Waals surface area contributed by atoms with Crippen molar-refractivity contribution in [3.8, 4) is 11.1 Å². The number of hydrogen-bond acceptors (Lipinski definition) is 2. The van der Waals surface area contributed by atoms with Crippen molar-refractivity contribution >= 4 is 23.2 Å². The van der Waals surface area contributed by atoms with E-state index in [4.69, 9.17) is 0 Å². The number of carbonyl (C=O) groups is 2. The minimum absolute atomic E-state index is 0.145. The maximum atomic E-state index is 12.5. The van der Waals surface area contributed by atoms with E-state index >= 15 is 0 Å². The van der Waals surface area contributed by atoms with Crippen molar-refractivity contribution in [2.24, 2.45) is 0 Å². The summed E-state index contributed by atoms with van der Waals surface area (Å²) in [6, 6.07) is 22.9. The second kappa shape index (κ2) is 7.66. The third kappa shape index (κ3) is 4.16. The first-order chi connectivity index (χ1) is 12.5. The number of amides is 2. The normalized spacial score (nSPS) is 10.2. The van der Waals surface area contributed by atoms with Gasteiger partial charge in [-0.25, -0.2) is 0 Å². The van der Waals surface area contributed by atoms with Crippen LogP contribution in [0.3, 0.4) is 0 Å². The molecule has 0 aromatic heterocycles. The van der Waals surface area contributed by atoms with Gasteiger partial charge in [0.05, 0.1) is 0 Å². The molecule has 0 spiro atoms. The van der Waals surface area contributed by atoms with E-state index in [2.05, 4.69) is 10.6 Å². The van der Waals surface area contributed by atoms with Crippen LogP contribution in [0, 0.1) is 6.92 Å². The van der Waals surface area contributed by atoms with Crippen LogP contribution in [0.2, 0.25) is 0 Å². The second-order valence-corrected chi connectivity index (χ2v) is 6.11. The predicted molar refractivity (Wildman–Crippen MR) is 105 cm³/mol. The van der Waals surface area contributed by atoms with Crippen LogP contribution in [0.5, 0.6) is 0 Å². The Morgan fingerprint density at radius 1 is 0.769 bits per heavy atom. The lowest BCUT2D eigenvalue weighted by atomic mass is 10.0. The summed E-state index contributed by atoms with van der Waals surface area (Å²) in [5.41, 5.74) is 5.01. The smallest absolute Gasteiger partial charge is 0.255 e. The molecule has 4 nitrogen and oxygen atoms in total. The van der Waals surface area contributed by atoms with Crippen LogP contribution in [0.25, 0.3) is 11.1 Å². The summed E-state index contributed by atoms with van der Waals surface area (Å²) in [6.07, 6.45) is 0. The highest BCUT2D eigenvalue weighted by molar-refractivity contribution is 6.05. The van der Waals surface area contributed by atoms with Gasteiger partial charge in [0.25, 0.3) is 5.91 Å². The van der Waals surface area contributed by atoms with Crippen molar-refractivity contribution in [3.63, 3.8) is 0 Å². The van der Waals surface area contributed by atoms with Gasteiger partial charge >= 0.3 is 0 Å². The van der Waals surface area contributed by atoms with Gasteiger partial charge in [0.15, 0.2) is 0 Å². The molecule has 130 valence electrons. The van der Waals surface area contributed by atoms with Crippen LogP contribution in [0.4, 0.5) is 11.4 Å². The fourth-order valence-corrected chi connectivity index (χ4v) is 2.67. The molecule has 0 bridgehead atoms. The van der Waals surface area contributed by atoms with Gasteiger partial charge in [-0.15, -0.1) is 0 Å². The third-order valence-corrected chi connectivity index (χ3v) is 4.06. The molecular formula is C22H20N2O2. The summed E-state index contributed by atoms with van der Waals surface area (Å²) in [4.78, 5) is 23.8. The lowest BCUT2D eigenvalue weighted by Crippen LogP contribution is -2.13. The Hall–Kier alpha value is -3.40. The average Bonchev–Trinajstić information content (AvgIpc) is 2.65. The molecule has 0 aliphatic carbocycles. The van der Waals surface area contributed by atoms with Crippen LogP contribution in [-0.4, -0.2) is 11.8 Å². The number of anilines is 2. The van der Waals surface area contributed by atoms with E-state index in [1.807, 2.05) is 61.5 Å². The standard InChI is InChI=1S/C22H20N2O2/c1-15-8-13-20(14-21(15)23-16(2)25)24-22(26)19-11-9-18(10-12-19)17-6-4-3-5-7-17/h3-14H,1-2H3,(H,23,25)(H,24,26). The summed E-state index contributed by atoms with van der Waals surface area (Å²) in [5.74, 6) is -0.338. The Morgan fingerprint density at radius 3 is 2.08 bits per heavy atom. The molecule has 0 radical (unpaired) electrons. The predicted octanol–water partition coefficient (Wildman–Crippen LogP) is 4.87. The molecule has 0 saturated heterocycles. The summed E-state index contributed by atoms with van der Waals surface area (Å²) in [6.45, 7) is 3.36. The molecular weight excluding hydrogens is 324 g/mol. The lowest BCUT2D eigenvalue weighted by Gasteiger charge is -2.11. The second-order valence-electron chi connectivity index (χ2n) is 6.11. The summed E-state index contributed by atoms with van der Waals surface area (Å²) >= 11 is 0. The van der Waals surface area contributed by atoms with Crippen molar-refractivity contribution < 1.29 is 9.59 Å². The molecule has 2 N–H and O–H groups in total. The number of rotatable bonds is 4.